The summed E-state index contributed by atoms with van der Waals surface area (Å²) in [5.41, 5.74) is 1.43. The van der Waals surface area contributed by atoms with E-state index in [1.54, 1.807) is 22.8 Å². The lowest BCUT2D eigenvalue weighted by atomic mass is 9.98. The molecule has 0 saturated carbocycles. The van der Waals surface area contributed by atoms with Gasteiger partial charge in [-0.25, -0.2) is 8.91 Å². The van der Waals surface area contributed by atoms with E-state index < -0.39 is 0 Å². The molecular formula is C19H21FN4O2. The summed E-state index contributed by atoms with van der Waals surface area (Å²) < 4.78 is 22.4. The van der Waals surface area contributed by atoms with Gasteiger partial charge >= 0.3 is 0 Å². The molecule has 1 unspecified atom stereocenters. The number of fused-ring (bicyclic) bond motifs is 1. The summed E-state index contributed by atoms with van der Waals surface area (Å²) >= 11 is 0. The second-order valence-corrected chi connectivity index (χ2v) is 6.76. The lowest BCUT2D eigenvalue weighted by molar-refractivity contribution is 0.0635. The topological polar surface area (TPSA) is 51.8 Å². The summed E-state index contributed by atoms with van der Waals surface area (Å²) in [5.74, 6) is 0.641. The Morgan fingerprint density at radius 2 is 2.12 bits per heavy atom. The Labute approximate surface area is 150 Å². The second kappa shape index (κ2) is 6.82. The standard InChI is InChI=1S/C19H21FN4O2/c1-22-9-10-24-18(22)17(11-21-24)19(25)23-8-2-3-14(12-23)13-26-16-6-4-15(20)5-7-16/h4-7,9-11,14H,2-3,8,12-13H2,1H3. The smallest absolute Gasteiger partial charge is 0.259 e. The molecule has 0 N–H and O–H groups in total. The van der Waals surface area contributed by atoms with Crippen LogP contribution < -0.4 is 4.74 Å². The van der Waals surface area contributed by atoms with E-state index in [-0.39, 0.29) is 17.6 Å². The molecule has 1 aliphatic rings. The molecule has 6 nitrogen and oxygen atoms in total. The molecule has 4 rings (SSSR count). The highest BCUT2D eigenvalue weighted by molar-refractivity contribution is 5.99. The van der Waals surface area contributed by atoms with E-state index in [1.807, 2.05) is 28.9 Å². The number of halogens is 1. The van der Waals surface area contributed by atoms with E-state index in [0.29, 0.717) is 24.5 Å². The van der Waals surface area contributed by atoms with Crippen LogP contribution in [0, 0.1) is 11.7 Å². The minimum atomic E-state index is -0.278. The molecule has 0 bridgehead atoms. The first-order chi connectivity index (χ1) is 12.6. The Morgan fingerprint density at radius 1 is 1.31 bits per heavy atom. The molecule has 1 fully saturated rings. The predicted octanol–water partition coefficient (Wildman–Crippen LogP) is 2.74. The molecule has 0 aliphatic carbocycles. The fourth-order valence-electron chi connectivity index (χ4n) is 3.50. The fraction of sp³-hybridized carbons (Fsp3) is 0.368. The molecule has 1 amide bonds. The number of benzene rings is 1. The van der Waals surface area contributed by atoms with Gasteiger partial charge in [-0.2, -0.15) is 5.10 Å². The number of carbonyl (C=O) groups is 1. The number of piperidine rings is 1. The molecule has 1 aromatic carbocycles. The van der Waals surface area contributed by atoms with Gasteiger partial charge in [-0.3, -0.25) is 4.79 Å². The van der Waals surface area contributed by atoms with Crippen LogP contribution in [0.15, 0.2) is 42.9 Å². The van der Waals surface area contributed by atoms with Crippen molar-refractivity contribution < 1.29 is 13.9 Å². The normalized spacial score (nSPS) is 17.6. The minimum absolute atomic E-state index is 0.00767. The highest BCUT2D eigenvalue weighted by Crippen LogP contribution is 2.22. The Hall–Kier alpha value is -2.83. The number of aromatic nitrogens is 3. The zero-order chi connectivity index (χ0) is 18.1. The van der Waals surface area contributed by atoms with Crippen LogP contribution in [0.4, 0.5) is 4.39 Å². The molecule has 3 aromatic rings. The van der Waals surface area contributed by atoms with Crippen LogP contribution in [0.3, 0.4) is 0 Å². The van der Waals surface area contributed by atoms with Crippen LogP contribution in [0.5, 0.6) is 5.75 Å². The number of hydrogen-bond acceptors (Lipinski definition) is 3. The van der Waals surface area contributed by atoms with Crippen molar-refractivity contribution in [3.8, 4) is 5.75 Å². The van der Waals surface area contributed by atoms with E-state index in [0.717, 1.165) is 25.0 Å². The van der Waals surface area contributed by atoms with Crippen molar-refractivity contribution in [2.24, 2.45) is 13.0 Å². The van der Waals surface area contributed by atoms with Gasteiger partial charge in [-0.1, -0.05) is 0 Å². The van der Waals surface area contributed by atoms with Crippen LogP contribution in [-0.2, 0) is 7.05 Å². The first-order valence-corrected chi connectivity index (χ1v) is 8.78. The SMILES string of the molecule is Cn1ccn2ncc(C(=O)N3CCCC(COc4ccc(F)cc4)C3)c12. The summed E-state index contributed by atoms with van der Waals surface area (Å²) in [6.45, 7) is 1.92. The van der Waals surface area contributed by atoms with Gasteiger partial charge in [0.2, 0.25) is 0 Å². The Balaban J connectivity index is 1.42. The quantitative estimate of drug-likeness (QED) is 0.722. The summed E-state index contributed by atoms with van der Waals surface area (Å²) in [7, 11) is 1.91. The van der Waals surface area contributed by atoms with Crippen molar-refractivity contribution in [2.45, 2.75) is 12.8 Å². The molecule has 0 spiro atoms. The van der Waals surface area contributed by atoms with Crippen LogP contribution in [0.25, 0.3) is 5.65 Å². The molecule has 26 heavy (non-hydrogen) atoms. The maximum absolute atomic E-state index is 13.0. The van der Waals surface area contributed by atoms with Gasteiger partial charge in [0.1, 0.15) is 22.8 Å². The van der Waals surface area contributed by atoms with Crippen LogP contribution in [-0.4, -0.2) is 44.7 Å². The summed E-state index contributed by atoms with van der Waals surface area (Å²) in [6, 6.07) is 6.02. The number of aryl methyl sites for hydroxylation is 1. The molecule has 7 heteroatoms. The Morgan fingerprint density at radius 3 is 2.92 bits per heavy atom. The molecule has 3 heterocycles. The second-order valence-electron chi connectivity index (χ2n) is 6.76. The third-order valence-electron chi connectivity index (χ3n) is 4.87. The number of ether oxygens (including phenoxy) is 1. The largest absolute Gasteiger partial charge is 0.493 e. The lowest BCUT2D eigenvalue weighted by Gasteiger charge is -2.32. The molecule has 1 atom stereocenters. The van der Waals surface area contributed by atoms with Gasteiger partial charge in [-0.15, -0.1) is 0 Å². The van der Waals surface area contributed by atoms with E-state index in [4.69, 9.17) is 4.74 Å². The number of amides is 1. The number of imidazole rings is 1. The maximum Gasteiger partial charge on any atom is 0.259 e. The Bertz CT molecular complexity index is 915. The van der Waals surface area contributed by atoms with E-state index >= 15 is 0 Å². The van der Waals surface area contributed by atoms with E-state index in [1.165, 1.54) is 12.1 Å². The van der Waals surface area contributed by atoms with E-state index in [2.05, 4.69) is 5.10 Å². The zero-order valence-corrected chi connectivity index (χ0v) is 14.6. The van der Waals surface area contributed by atoms with Crippen molar-refractivity contribution >= 4 is 11.6 Å². The van der Waals surface area contributed by atoms with Gasteiger partial charge in [0.15, 0.2) is 0 Å². The molecule has 2 aromatic heterocycles. The zero-order valence-electron chi connectivity index (χ0n) is 14.6. The molecule has 1 saturated heterocycles. The average Bonchev–Trinajstić information content (AvgIpc) is 3.24. The number of nitrogens with zero attached hydrogens (tertiary/aromatic N) is 4. The summed E-state index contributed by atoms with van der Waals surface area (Å²) in [5, 5.41) is 4.25. The lowest BCUT2D eigenvalue weighted by Crippen LogP contribution is -2.41. The van der Waals surface area contributed by atoms with Crippen molar-refractivity contribution in [2.75, 3.05) is 19.7 Å². The number of carbonyl (C=O) groups excluding carboxylic acids is 1. The summed E-state index contributed by atoms with van der Waals surface area (Å²) in [6.07, 6.45) is 7.31. The van der Waals surface area contributed by atoms with Crippen LogP contribution in [0.1, 0.15) is 23.2 Å². The predicted molar refractivity (Wildman–Crippen MR) is 94.7 cm³/mol. The molecular weight excluding hydrogens is 335 g/mol. The maximum atomic E-state index is 13.0. The van der Waals surface area contributed by atoms with Gasteiger partial charge in [-0.05, 0) is 37.1 Å². The monoisotopic (exact) mass is 356 g/mol. The number of hydrogen-bond donors (Lipinski definition) is 0. The minimum Gasteiger partial charge on any atom is -0.493 e. The van der Waals surface area contributed by atoms with Crippen molar-refractivity contribution in [3.63, 3.8) is 0 Å². The summed E-state index contributed by atoms with van der Waals surface area (Å²) in [4.78, 5) is 14.8. The average molecular weight is 356 g/mol. The van der Waals surface area contributed by atoms with Gasteiger partial charge in [0, 0.05) is 38.4 Å². The first-order valence-electron chi connectivity index (χ1n) is 8.78. The van der Waals surface area contributed by atoms with Crippen molar-refractivity contribution in [1.82, 2.24) is 19.1 Å². The van der Waals surface area contributed by atoms with Gasteiger partial charge in [0.25, 0.3) is 5.91 Å². The van der Waals surface area contributed by atoms with Crippen LogP contribution >= 0.6 is 0 Å². The van der Waals surface area contributed by atoms with Gasteiger partial charge in [0.05, 0.1) is 12.8 Å². The highest BCUT2D eigenvalue weighted by Gasteiger charge is 2.27. The Kier molecular flexibility index (Phi) is 4.36. The number of rotatable bonds is 4. The van der Waals surface area contributed by atoms with Gasteiger partial charge < -0.3 is 14.2 Å². The highest BCUT2D eigenvalue weighted by atomic mass is 19.1. The van der Waals surface area contributed by atoms with Crippen LogP contribution in [0.2, 0.25) is 0 Å². The number of likely N-dealkylation sites (tertiary alicyclic amines) is 1. The molecule has 0 radical (unpaired) electrons. The molecule has 136 valence electrons. The third kappa shape index (κ3) is 3.16. The van der Waals surface area contributed by atoms with Crippen molar-refractivity contribution in [3.05, 3.63) is 54.2 Å². The third-order valence-corrected chi connectivity index (χ3v) is 4.87. The first kappa shape index (κ1) is 16.6. The molecule has 1 aliphatic heterocycles. The van der Waals surface area contributed by atoms with E-state index in [9.17, 15) is 9.18 Å². The van der Waals surface area contributed by atoms with Crippen molar-refractivity contribution in [1.29, 1.82) is 0 Å². The fourth-order valence-corrected chi connectivity index (χ4v) is 3.50.